The van der Waals surface area contributed by atoms with E-state index < -0.39 is 0 Å². The second-order valence-corrected chi connectivity index (χ2v) is 8.81. The van der Waals surface area contributed by atoms with Crippen LogP contribution in [0, 0.1) is 11.2 Å². The summed E-state index contributed by atoms with van der Waals surface area (Å²) in [7, 11) is 4.42. The molecule has 1 heterocycles. The predicted octanol–water partition coefficient (Wildman–Crippen LogP) is 5.47. The molecule has 1 aromatic heterocycles. The molecule has 1 unspecified atom stereocenters. The standard InChI is InChI=1S/C17H26FN2OP.C7H8N2.C2H6/c1-5-20(11-10-19(3)4)17(21)13-22-14(2)12-15-6-8-16(18)9-7-15;1-6(8)7-2-4-9-5-3-7;1-2/h6-9,22H,2,5,10-13H2,1,3-4H3;2-5,8H,1H3;1-2H3. The molecule has 0 saturated heterocycles. The number of carbonyl (C=O) groups is 1. The molecule has 1 aromatic carbocycles. The normalized spacial score (nSPS) is 10.2. The van der Waals surface area contributed by atoms with Crippen LogP contribution in [0.25, 0.3) is 0 Å². The van der Waals surface area contributed by atoms with Crippen molar-refractivity contribution < 1.29 is 9.18 Å². The summed E-state index contributed by atoms with van der Waals surface area (Å²) in [5, 5.41) is 8.24. The molecule has 0 bridgehead atoms. The molecular weight excluding hydrogens is 434 g/mol. The van der Waals surface area contributed by atoms with Crippen LogP contribution in [0.4, 0.5) is 4.39 Å². The molecule has 0 aliphatic heterocycles. The van der Waals surface area contributed by atoms with Gasteiger partial charge < -0.3 is 15.2 Å². The maximum atomic E-state index is 12.9. The van der Waals surface area contributed by atoms with Crippen LogP contribution < -0.4 is 0 Å². The first kappa shape index (κ1) is 30.6. The largest absolute Gasteiger partial charge is 0.341 e. The van der Waals surface area contributed by atoms with E-state index >= 15 is 0 Å². The lowest BCUT2D eigenvalue weighted by atomic mass is 10.1. The Kier molecular flexibility index (Phi) is 16.7. The van der Waals surface area contributed by atoms with Crippen LogP contribution in [0.15, 0.2) is 60.7 Å². The monoisotopic (exact) mass is 474 g/mol. The average Bonchev–Trinajstić information content (AvgIpc) is 2.81. The highest BCUT2D eigenvalue weighted by Crippen LogP contribution is 2.25. The fourth-order valence-corrected chi connectivity index (χ4v) is 3.56. The molecule has 1 amide bonds. The van der Waals surface area contributed by atoms with Gasteiger partial charge in [0.2, 0.25) is 5.91 Å². The smallest absolute Gasteiger partial charge is 0.226 e. The fourth-order valence-electron chi connectivity index (χ4n) is 2.61. The van der Waals surface area contributed by atoms with Gasteiger partial charge in [0.05, 0.1) is 0 Å². The lowest BCUT2D eigenvalue weighted by molar-refractivity contribution is -0.128. The third-order valence-corrected chi connectivity index (χ3v) is 5.64. The van der Waals surface area contributed by atoms with Crippen molar-refractivity contribution in [3.63, 3.8) is 0 Å². The third kappa shape index (κ3) is 14.4. The molecule has 0 aliphatic rings. The number of pyridine rings is 1. The molecule has 0 fully saturated rings. The van der Waals surface area contributed by atoms with E-state index in [9.17, 15) is 9.18 Å². The molecular formula is C26H40FN4OP. The van der Waals surface area contributed by atoms with Crippen molar-refractivity contribution in [2.45, 2.75) is 34.1 Å². The van der Waals surface area contributed by atoms with Crippen molar-refractivity contribution in [2.24, 2.45) is 0 Å². The highest BCUT2D eigenvalue weighted by molar-refractivity contribution is 7.44. The molecule has 7 heteroatoms. The maximum Gasteiger partial charge on any atom is 0.226 e. The number of nitrogens with zero attached hydrogens (tertiary/aromatic N) is 3. The van der Waals surface area contributed by atoms with E-state index in [1.165, 1.54) is 12.1 Å². The molecule has 182 valence electrons. The number of likely N-dealkylation sites (N-methyl/N-ethyl adjacent to an activating group) is 2. The van der Waals surface area contributed by atoms with Crippen LogP contribution in [-0.2, 0) is 11.2 Å². The van der Waals surface area contributed by atoms with Crippen molar-refractivity contribution in [3.8, 4) is 0 Å². The van der Waals surface area contributed by atoms with Gasteiger partial charge in [-0.2, -0.15) is 0 Å². The summed E-state index contributed by atoms with van der Waals surface area (Å²) in [6.07, 6.45) is 4.60. The van der Waals surface area contributed by atoms with E-state index in [0.717, 1.165) is 36.1 Å². The quantitative estimate of drug-likeness (QED) is 0.367. The molecule has 0 radical (unpaired) electrons. The molecule has 0 spiro atoms. The van der Waals surface area contributed by atoms with Crippen LogP contribution in [0.3, 0.4) is 0 Å². The second-order valence-electron chi connectivity index (χ2n) is 7.40. The van der Waals surface area contributed by atoms with Gasteiger partial charge in [0.1, 0.15) is 5.82 Å². The van der Waals surface area contributed by atoms with Crippen molar-refractivity contribution in [1.29, 1.82) is 5.41 Å². The predicted molar refractivity (Wildman–Crippen MR) is 141 cm³/mol. The third-order valence-electron chi connectivity index (χ3n) is 4.49. The minimum absolute atomic E-state index is 0.183. The zero-order chi connectivity index (χ0) is 25.2. The number of halogens is 1. The number of aromatic nitrogens is 1. The van der Waals surface area contributed by atoms with Crippen molar-refractivity contribution in [1.82, 2.24) is 14.8 Å². The van der Waals surface area contributed by atoms with Gasteiger partial charge in [0.15, 0.2) is 0 Å². The highest BCUT2D eigenvalue weighted by atomic mass is 31.1. The number of amides is 1. The number of allylic oxidation sites excluding steroid dienone is 1. The summed E-state index contributed by atoms with van der Waals surface area (Å²) in [4.78, 5) is 20.0. The topological polar surface area (TPSA) is 60.3 Å². The van der Waals surface area contributed by atoms with E-state index in [2.05, 4.69) is 16.5 Å². The SMILES string of the molecule is C=C(Cc1ccc(F)cc1)PCC(=O)N(CC)CCN(C)C.CC.CC(=N)c1ccncc1. The highest BCUT2D eigenvalue weighted by Gasteiger charge is 2.12. The van der Waals surface area contributed by atoms with Crippen LogP contribution >= 0.6 is 8.58 Å². The zero-order valence-corrected chi connectivity index (χ0v) is 22.0. The first-order valence-corrected chi connectivity index (χ1v) is 12.5. The van der Waals surface area contributed by atoms with Crippen LogP contribution in [-0.4, -0.2) is 66.3 Å². The van der Waals surface area contributed by atoms with Gasteiger partial charge in [0, 0.05) is 43.9 Å². The second kappa shape index (κ2) is 18.0. The molecule has 5 nitrogen and oxygen atoms in total. The van der Waals surface area contributed by atoms with Crippen molar-refractivity contribution >= 4 is 20.2 Å². The number of hydrogen-bond donors (Lipinski definition) is 1. The van der Waals surface area contributed by atoms with E-state index in [0.29, 0.717) is 26.9 Å². The number of rotatable bonds is 10. The maximum absolute atomic E-state index is 12.9. The number of nitrogens with one attached hydrogen (secondary N) is 1. The Labute approximate surface area is 201 Å². The van der Waals surface area contributed by atoms with Gasteiger partial charge in [-0.1, -0.05) is 46.5 Å². The molecule has 0 saturated carbocycles. The van der Waals surface area contributed by atoms with Gasteiger partial charge >= 0.3 is 0 Å². The van der Waals surface area contributed by atoms with E-state index in [1.807, 2.05) is 51.9 Å². The Morgan fingerprint density at radius 1 is 1.09 bits per heavy atom. The minimum atomic E-state index is -0.230. The number of hydrogen-bond acceptors (Lipinski definition) is 4. The fraction of sp³-hybridized carbons (Fsp3) is 0.423. The first-order chi connectivity index (χ1) is 15.7. The molecule has 0 aliphatic carbocycles. The van der Waals surface area contributed by atoms with Gasteiger partial charge in [0.25, 0.3) is 0 Å². The lowest BCUT2D eigenvalue weighted by Gasteiger charge is -2.23. The number of benzene rings is 1. The Bertz CT molecular complexity index is 826. The molecule has 2 aromatic rings. The average molecular weight is 475 g/mol. The van der Waals surface area contributed by atoms with Gasteiger partial charge in [-0.15, -0.1) is 0 Å². The Morgan fingerprint density at radius 2 is 1.67 bits per heavy atom. The van der Waals surface area contributed by atoms with Gasteiger partial charge in [-0.3, -0.25) is 9.78 Å². The van der Waals surface area contributed by atoms with E-state index in [1.54, 1.807) is 31.5 Å². The molecule has 1 N–H and O–H groups in total. The minimum Gasteiger partial charge on any atom is -0.341 e. The molecule has 1 atom stereocenters. The Hall–Kier alpha value is -2.43. The van der Waals surface area contributed by atoms with Gasteiger partial charge in [-0.05, 0) is 69.8 Å². The van der Waals surface area contributed by atoms with E-state index in [4.69, 9.17) is 5.41 Å². The summed E-state index contributed by atoms with van der Waals surface area (Å²) < 4.78 is 12.9. The van der Waals surface area contributed by atoms with E-state index in [-0.39, 0.29) is 11.7 Å². The Balaban J connectivity index is 0.000000770. The zero-order valence-electron chi connectivity index (χ0n) is 21.0. The van der Waals surface area contributed by atoms with Crippen LogP contribution in [0.2, 0.25) is 0 Å². The summed E-state index contributed by atoms with van der Waals surface area (Å²) in [5.41, 5.74) is 2.55. The number of carbonyl (C=O) groups excluding carboxylic acids is 1. The Morgan fingerprint density at radius 3 is 2.12 bits per heavy atom. The van der Waals surface area contributed by atoms with Gasteiger partial charge in [-0.25, -0.2) is 4.39 Å². The molecule has 2 rings (SSSR count). The van der Waals surface area contributed by atoms with Crippen molar-refractivity contribution in [2.75, 3.05) is 39.9 Å². The van der Waals surface area contributed by atoms with Crippen LogP contribution in [0.5, 0.6) is 0 Å². The van der Waals surface area contributed by atoms with Crippen LogP contribution in [0.1, 0.15) is 38.8 Å². The first-order valence-electron chi connectivity index (χ1n) is 11.3. The lowest BCUT2D eigenvalue weighted by Crippen LogP contribution is -2.37. The summed E-state index contributed by atoms with van der Waals surface area (Å²) in [6.45, 7) is 14.2. The molecule has 33 heavy (non-hydrogen) atoms. The summed E-state index contributed by atoms with van der Waals surface area (Å²) >= 11 is 0. The summed E-state index contributed by atoms with van der Waals surface area (Å²) in [5.74, 6) is -0.0468. The van der Waals surface area contributed by atoms with Crippen molar-refractivity contribution in [3.05, 3.63) is 77.6 Å². The summed E-state index contributed by atoms with van der Waals surface area (Å²) in [6, 6.07) is 10.1.